The lowest BCUT2D eigenvalue weighted by atomic mass is 9.95. The van der Waals surface area contributed by atoms with Crippen molar-refractivity contribution >= 4 is 12.0 Å². The number of nitrogens with one attached hydrogen (secondary N) is 1. The predicted molar refractivity (Wildman–Crippen MR) is 74.1 cm³/mol. The molecule has 5 heteroatoms. The molecule has 0 saturated carbocycles. The Balaban J connectivity index is 2.14. The number of amides is 2. The van der Waals surface area contributed by atoms with Crippen LogP contribution in [0.1, 0.15) is 52.4 Å². The lowest BCUT2D eigenvalue weighted by molar-refractivity contribution is -0.137. The van der Waals surface area contributed by atoms with E-state index in [9.17, 15) is 9.59 Å². The topological polar surface area (TPSA) is 69.6 Å². The highest BCUT2D eigenvalue weighted by molar-refractivity contribution is 5.74. The molecule has 1 heterocycles. The summed E-state index contributed by atoms with van der Waals surface area (Å²) in [5.74, 6) is -0.169. The molecule has 2 unspecified atom stereocenters. The molecule has 0 bridgehead atoms. The zero-order valence-electron chi connectivity index (χ0n) is 12.0. The van der Waals surface area contributed by atoms with Crippen LogP contribution in [0.2, 0.25) is 0 Å². The molecule has 19 heavy (non-hydrogen) atoms. The maximum Gasteiger partial charge on any atom is 0.317 e. The maximum atomic E-state index is 12.0. The van der Waals surface area contributed by atoms with Gasteiger partial charge in [-0.05, 0) is 38.5 Å². The minimum Gasteiger partial charge on any atom is -0.481 e. The number of nitrogens with zero attached hydrogens (tertiary/aromatic N) is 1. The number of hydrogen-bond donors (Lipinski definition) is 2. The molecule has 110 valence electrons. The number of carboxylic acid groups (broad SMARTS) is 1. The summed E-state index contributed by atoms with van der Waals surface area (Å²) in [6.07, 6.45) is 4.86. The summed E-state index contributed by atoms with van der Waals surface area (Å²) >= 11 is 0. The van der Waals surface area contributed by atoms with E-state index in [0.29, 0.717) is 24.9 Å². The fraction of sp³-hybridized carbons (Fsp3) is 0.857. The number of likely N-dealkylation sites (tertiary alicyclic amines) is 1. The molecule has 0 aromatic rings. The van der Waals surface area contributed by atoms with Crippen LogP contribution in [-0.2, 0) is 4.79 Å². The van der Waals surface area contributed by atoms with Gasteiger partial charge in [0, 0.05) is 25.6 Å². The lowest BCUT2D eigenvalue weighted by Gasteiger charge is -2.36. The van der Waals surface area contributed by atoms with Gasteiger partial charge in [0.05, 0.1) is 0 Å². The molecule has 0 aromatic heterocycles. The van der Waals surface area contributed by atoms with Crippen LogP contribution in [0.5, 0.6) is 0 Å². The Morgan fingerprint density at radius 1 is 1.21 bits per heavy atom. The molecule has 1 aliphatic heterocycles. The molecular formula is C14H26N2O3. The van der Waals surface area contributed by atoms with Crippen molar-refractivity contribution in [2.75, 3.05) is 13.1 Å². The van der Waals surface area contributed by atoms with Crippen molar-refractivity contribution < 1.29 is 14.7 Å². The summed E-state index contributed by atoms with van der Waals surface area (Å²) in [4.78, 5) is 24.3. The van der Waals surface area contributed by atoms with E-state index < -0.39 is 5.97 Å². The van der Waals surface area contributed by atoms with Crippen LogP contribution in [0, 0.1) is 5.92 Å². The number of rotatable bonds is 6. The molecule has 1 fully saturated rings. The Bertz CT molecular complexity index is 307. The molecule has 2 amide bonds. The van der Waals surface area contributed by atoms with Crippen LogP contribution in [-0.4, -0.2) is 41.1 Å². The van der Waals surface area contributed by atoms with Crippen molar-refractivity contribution in [2.45, 2.75) is 58.4 Å². The second-order valence-corrected chi connectivity index (χ2v) is 5.62. The average Bonchev–Trinajstić information content (AvgIpc) is 2.36. The third kappa shape index (κ3) is 5.94. The largest absolute Gasteiger partial charge is 0.481 e. The number of carbonyl (C=O) groups is 2. The summed E-state index contributed by atoms with van der Waals surface area (Å²) in [6, 6.07) is 0.348. The fourth-order valence-electron chi connectivity index (χ4n) is 2.45. The Labute approximate surface area is 115 Å². The first-order chi connectivity index (χ1) is 9.00. The highest BCUT2D eigenvalue weighted by Gasteiger charge is 2.26. The van der Waals surface area contributed by atoms with E-state index in [-0.39, 0.29) is 12.5 Å². The van der Waals surface area contributed by atoms with Gasteiger partial charge >= 0.3 is 12.0 Å². The molecule has 2 atom stereocenters. The molecule has 0 aromatic carbocycles. The standard InChI is InChI=1S/C14H26N2O3/c1-11-7-8-12(2)16(10-11)14(19)15-9-5-3-4-6-13(17)18/h11-12H,3-10H2,1-2H3,(H,15,19)(H,17,18). The summed E-state index contributed by atoms with van der Waals surface area (Å²) in [7, 11) is 0. The van der Waals surface area contributed by atoms with E-state index in [1.165, 1.54) is 6.42 Å². The molecule has 0 radical (unpaired) electrons. The van der Waals surface area contributed by atoms with Gasteiger partial charge in [0.2, 0.25) is 0 Å². The third-order valence-electron chi connectivity index (χ3n) is 3.72. The number of urea groups is 1. The van der Waals surface area contributed by atoms with Gasteiger partial charge in [-0.1, -0.05) is 13.3 Å². The van der Waals surface area contributed by atoms with Crippen LogP contribution in [0.25, 0.3) is 0 Å². The van der Waals surface area contributed by atoms with Crippen molar-refractivity contribution in [3.8, 4) is 0 Å². The molecule has 5 nitrogen and oxygen atoms in total. The maximum absolute atomic E-state index is 12.0. The number of piperidine rings is 1. The summed E-state index contributed by atoms with van der Waals surface area (Å²) in [5.41, 5.74) is 0. The van der Waals surface area contributed by atoms with Gasteiger partial charge in [-0.3, -0.25) is 4.79 Å². The first-order valence-electron chi connectivity index (χ1n) is 7.27. The quantitative estimate of drug-likeness (QED) is 0.728. The minimum atomic E-state index is -0.750. The van der Waals surface area contributed by atoms with Gasteiger partial charge in [-0.15, -0.1) is 0 Å². The molecule has 0 spiro atoms. The van der Waals surface area contributed by atoms with E-state index in [0.717, 1.165) is 25.8 Å². The van der Waals surface area contributed by atoms with Gasteiger partial charge in [-0.2, -0.15) is 0 Å². The van der Waals surface area contributed by atoms with Crippen molar-refractivity contribution in [1.82, 2.24) is 10.2 Å². The highest BCUT2D eigenvalue weighted by Crippen LogP contribution is 2.21. The normalized spacial score (nSPS) is 23.2. The smallest absolute Gasteiger partial charge is 0.317 e. The summed E-state index contributed by atoms with van der Waals surface area (Å²) < 4.78 is 0. The number of unbranched alkanes of at least 4 members (excludes halogenated alkanes) is 2. The second-order valence-electron chi connectivity index (χ2n) is 5.62. The minimum absolute atomic E-state index is 0.0253. The Hall–Kier alpha value is -1.26. The van der Waals surface area contributed by atoms with E-state index >= 15 is 0 Å². The van der Waals surface area contributed by atoms with Crippen molar-refractivity contribution in [1.29, 1.82) is 0 Å². The van der Waals surface area contributed by atoms with Crippen LogP contribution in [0.4, 0.5) is 4.79 Å². The molecule has 2 N–H and O–H groups in total. The highest BCUT2D eigenvalue weighted by atomic mass is 16.4. The summed E-state index contributed by atoms with van der Waals surface area (Å²) in [6.45, 7) is 5.75. The van der Waals surface area contributed by atoms with Crippen LogP contribution in [0.3, 0.4) is 0 Å². The Morgan fingerprint density at radius 2 is 1.95 bits per heavy atom. The second kappa shape index (κ2) is 8.02. The molecule has 1 rings (SSSR count). The Morgan fingerprint density at radius 3 is 2.63 bits per heavy atom. The third-order valence-corrected chi connectivity index (χ3v) is 3.72. The van der Waals surface area contributed by atoms with E-state index in [4.69, 9.17) is 5.11 Å². The van der Waals surface area contributed by atoms with Crippen LogP contribution in [0.15, 0.2) is 0 Å². The number of carbonyl (C=O) groups excluding carboxylic acids is 1. The lowest BCUT2D eigenvalue weighted by Crippen LogP contribution is -2.49. The van der Waals surface area contributed by atoms with Crippen LogP contribution < -0.4 is 5.32 Å². The van der Waals surface area contributed by atoms with Crippen molar-refractivity contribution in [3.63, 3.8) is 0 Å². The zero-order valence-corrected chi connectivity index (χ0v) is 12.0. The van der Waals surface area contributed by atoms with Crippen LogP contribution >= 0.6 is 0 Å². The van der Waals surface area contributed by atoms with Gasteiger partial charge in [0.15, 0.2) is 0 Å². The first-order valence-corrected chi connectivity index (χ1v) is 7.27. The molecule has 1 aliphatic rings. The van der Waals surface area contributed by atoms with E-state index in [1.807, 2.05) is 4.90 Å². The number of aliphatic carboxylic acids is 1. The average molecular weight is 270 g/mol. The van der Waals surface area contributed by atoms with Gasteiger partial charge in [0.1, 0.15) is 0 Å². The van der Waals surface area contributed by atoms with E-state index in [2.05, 4.69) is 19.2 Å². The fourth-order valence-corrected chi connectivity index (χ4v) is 2.45. The van der Waals surface area contributed by atoms with E-state index in [1.54, 1.807) is 0 Å². The molecule has 1 saturated heterocycles. The number of carboxylic acids is 1. The summed E-state index contributed by atoms with van der Waals surface area (Å²) in [5, 5.41) is 11.4. The van der Waals surface area contributed by atoms with Crippen molar-refractivity contribution in [3.05, 3.63) is 0 Å². The monoisotopic (exact) mass is 270 g/mol. The number of hydrogen-bond acceptors (Lipinski definition) is 2. The Kier molecular flexibility index (Phi) is 6.67. The van der Waals surface area contributed by atoms with Crippen molar-refractivity contribution in [2.24, 2.45) is 5.92 Å². The SMILES string of the molecule is CC1CCC(C)N(C(=O)NCCCCCC(=O)O)C1. The van der Waals surface area contributed by atoms with Gasteiger partial charge in [-0.25, -0.2) is 4.79 Å². The molecular weight excluding hydrogens is 244 g/mol. The van der Waals surface area contributed by atoms with Gasteiger partial charge in [0.25, 0.3) is 0 Å². The predicted octanol–water partition coefficient (Wildman–Crippen LogP) is 2.46. The first kappa shape index (κ1) is 15.8. The molecule has 0 aliphatic carbocycles. The zero-order chi connectivity index (χ0) is 14.3. The van der Waals surface area contributed by atoms with Gasteiger partial charge < -0.3 is 15.3 Å².